The van der Waals surface area contributed by atoms with Crippen LogP contribution in [0, 0.1) is 10.5 Å². The van der Waals surface area contributed by atoms with Crippen LogP contribution in [-0.2, 0) is 0 Å². The topological polar surface area (TPSA) is 90.7 Å². The summed E-state index contributed by atoms with van der Waals surface area (Å²) in [5.74, 6) is 0.790. The van der Waals surface area contributed by atoms with Crippen molar-refractivity contribution in [3.8, 4) is 11.4 Å². The SMILES string of the molecule is Cc1cccc(-c2nc(N)nc(N)n2)c1I. The van der Waals surface area contributed by atoms with E-state index >= 15 is 0 Å². The van der Waals surface area contributed by atoms with E-state index in [0.717, 1.165) is 14.7 Å². The number of rotatable bonds is 1. The lowest BCUT2D eigenvalue weighted by Gasteiger charge is -2.06. The normalized spacial score (nSPS) is 10.4. The summed E-state index contributed by atoms with van der Waals surface area (Å²) in [6.45, 7) is 2.03. The second kappa shape index (κ2) is 4.20. The van der Waals surface area contributed by atoms with Gasteiger partial charge in [-0.25, -0.2) is 0 Å². The highest BCUT2D eigenvalue weighted by Crippen LogP contribution is 2.25. The number of nitrogen functional groups attached to an aromatic ring is 2. The minimum absolute atomic E-state index is 0.139. The number of hydrogen-bond acceptors (Lipinski definition) is 5. The molecule has 1 aromatic carbocycles. The van der Waals surface area contributed by atoms with Gasteiger partial charge in [-0.2, -0.15) is 15.0 Å². The summed E-state index contributed by atoms with van der Waals surface area (Å²) in [5, 5.41) is 0. The quantitative estimate of drug-likeness (QED) is 0.777. The van der Waals surface area contributed by atoms with Gasteiger partial charge in [-0.05, 0) is 35.1 Å². The Morgan fingerprint density at radius 3 is 2.31 bits per heavy atom. The number of halogens is 1. The van der Waals surface area contributed by atoms with Crippen molar-refractivity contribution in [2.75, 3.05) is 11.5 Å². The van der Waals surface area contributed by atoms with Crippen molar-refractivity contribution in [2.24, 2.45) is 0 Å². The minimum atomic E-state index is 0.139. The standard InChI is InChI=1S/C10H10IN5/c1-5-3-2-4-6(7(5)11)8-14-9(12)16-10(13)15-8/h2-4H,1H3,(H4,12,13,14,15,16). The summed E-state index contributed by atoms with van der Waals surface area (Å²) in [6, 6.07) is 5.91. The molecule has 5 nitrogen and oxygen atoms in total. The molecule has 0 bridgehead atoms. The highest BCUT2D eigenvalue weighted by molar-refractivity contribution is 14.1. The predicted octanol–water partition coefficient (Wildman–Crippen LogP) is 1.62. The largest absolute Gasteiger partial charge is 0.368 e. The Balaban J connectivity index is 2.63. The molecule has 0 aliphatic heterocycles. The van der Waals surface area contributed by atoms with Crippen LogP contribution in [0.15, 0.2) is 18.2 Å². The maximum absolute atomic E-state index is 5.54. The molecule has 0 aliphatic rings. The van der Waals surface area contributed by atoms with Crippen LogP contribution in [0.25, 0.3) is 11.4 Å². The summed E-state index contributed by atoms with van der Waals surface area (Å²) < 4.78 is 1.09. The summed E-state index contributed by atoms with van der Waals surface area (Å²) in [7, 11) is 0. The van der Waals surface area contributed by atoms with Crippen LogP contribution in [0.1, 0.15) is 5.56 Å². The van der Waals surface area contributed by atoms with Gasteiger partial charge in [0.25, 0.3) is 0 Å². The molecule has 0 amide bonds. The van der Waals surface area contributed by atoms with Gasteiger partial charge in [0, 0.05) is 9.13 Å². The molecule has 0 spiro atoms. The molecule has 0 fully saturated rings. The molecule has 1 aromatic heterocycles. The van der Waals surface area contributed by atoms with Gasteiger partial charge in [0.1, 0.15) is 0 Å². The van der Waals surface area contributed by atoms with E-state index in [2.05, 4.69) is 37.5 Å². The fourth-order valence-electron chi connectivity index (χ4n) is 1.35. The van der Waals surface area contributed by atoms with Crippen LogP contribution in [-0.4, -0.2) is 15.0 Å². The van der Waals surface area contributed by atoms with E-state index in [9.17, 15) is 0 Å². The fourth-order valence-corrected chi connectivity index (χ4v) is 1.95. The molecule has 0 saturated carbocycles. The number of benzene rings is 1. The molecule has 0 radical (unpaired) electrons. The first kappa shape index (κ1) is 11.1. The van der Waals surface area contributed by atoms with Gasteiger partial charge in [-0.1, -0.05) is 18.2 Å². The lowest BCUT2D eigenvalue weighted by atomic mass is 10.1. The van der Waals surface area contributed by atoms with E-state index in [0.29, 0.717) is 5.82 Å². The van der Waals surface area contributed by atoms with E-state index in [1.165, 1.54) is 0 Å². The lowest BCUT2D eigenvalue weighted by molar-refractivity contribution is 1.08. The first-order valence-electron chi connectivity index (χ1n) is 4.60. The van der Waals surface area contributed by atoms with Gasteiger partial charge >= 0.3 is 0 Å². The Hall–Kier alpha value is -1.44. The summed E-state index contributed by atoms with van der Waals surface area (Å²) in [6.07, 6.45) is 0. The average molecular weight is 327 g/mol. The first-order valence-corrected chi connectivity index (χ1v) is 5.68. The van der Waals surface area contributed by atoms with Crippen molar-refractivity contribution in [2.45, 2.75) is 6.92 Å². The predicted molar refractivity (Wildman–Crippen MR) is 71.5 cm³/mol. The molecular formula is C10H10IN5. The van der Waals surface area contributed by atoms with E-state index in [1.54, 1.807) is 0 Å². The average Bonchev–Trinajstić information content (AvgIpc) is 2.20. The molecule has 0 unspecified atom stereocenters. The summed E-state index contributed by atoms with van der Waals surface area (Å²) in [4.78, 5) is 11.9. The van der Waals surface area contributed by atoms with Gasteiger partial charge in [-0.15, -0.1) is 0 Å². The highest BCUT2D eigenvalue weighted by Gasteiger charge is 2.09. The van der Waals surface area contributed by atoms with Gasteiger partial charge in [0.2, 0.25) is 11.9 Å². The summed E-state index contributed by atoms with van der Waals surface area (Å²) in [5.41, 5.74) is 13.2. The van der Waals surface area contributed by atoms with Crippen LogP contribution in [0.2, 0.25) is 0 Å². The van der Waals surface area contributed by atoms with Crippen molar-refractivity contribution in [1.29, 1.82) is 0 Å². The monoisotopic (exact) mass is 327 g/mol. The van der Waals surface area contributed by atoms with Crippen LogP contribution < -0.4 is 11.5 Å². The van der Waals surface area contributed by atoms with Crippen molar-refractivity contribution in [1.82, 2.24) is 15.0 Å². The highest BCUT2D eigenvalue weighted by atomic mass is 127. The fraction of sp³-hybridized carbons (Fsp3) is 0.100. The molecule has 16 heavy (non-hydrogen) atoms. The molecule has 4 N–H and O–H groups in total. The van der Waals surface area contributed by atoms with Gasteiger partial charge in [0.05, 0.1) is 0 Å². The van der Waals surface area contributed by atoms with Gasteiger partial charge in [0.15, 0.2) is 5.82 Å². The molecule has 0 saturated heterocycles. The Kier molecular flexibility index (Phi) is 2.90. The van der Waals surface area contributed by atoms with E-state index in [1.807, 2.05) is 25.1 Å². The third kappa shape index (κ3) is 2.06. The minimum Gasteiger partial charge on any atom is -0.368 e. The zero-order chi connectivity index (χ0) is 11.7. The van der Waals surface area contributed by atoms with E-state index < -0.39 is 0 Å². The van der Waals surface area contributed by atoms with Gasteiger partial charge in [-0.3, -0.25) is 0 Å². The number of hydrogen-bond donors (Lipinski definition) is 2. The smallest absolute Gasteiger partial charge is 0.225 e. The van der Waals surface area contributed by atoms with Crippen molar-refractivity contribution in [3.05, 3.63) is 27.3 Å². The maximum atomic E-state index is 5.54. The molecule has 0 aliphatic carbocycles. The third-order valence-electron chi connectivity index (χ3n) is 2.10. The molecule has 6 heteroatoms. The third-order valence-corrected chi connectivity index (χ3v) is 3.53. The first-order chi connectivity index (χ1) is 7.58. The zero-order valence-electron chi connectivity index (χ0n) is 8.61. The molecule has 2 rings (SSSR count). The Bertz CT molecular complexity index is 520. The number of anilines is 2. The molecular weight excluding hydrogens is 317 g/mol. The van der Waals surface area contributed by atoms with Crippen molar-refractivity contribution in [3.63, 3.8) is 0 Å². The van der Waals surface area contributed by atoms with Crippen LogP contribution in [0.4, 0.5) is 11.9 Å². The summed E-state index contributed by atoms with van der Waals surface area (Å²) >= 11 is 2.25. The Morgan fingerprint density at radius 2 is 1.69 bits per heavy atom. The number of nitrogens with two attached hydrogens (primary N) is 2. The van der Waals surface area contributed by atoms with Crippen LogP contribution >= 0.6 is 22.6 Å². The second-order valence-electron chi connectivity index (χ2n) is 3.31. The molecule has 0 atom stereocenters. The number of nitrogens with zero attached hydrogens (tertiary/aromatic N) is 3. The number of aromatic nitrogens is 3. The number of aryl methyl sites for hydroxylation is 1. The maximum Gasteiger partial charge on any atom is 0.225 e. The van der Waals surface area contributed by atoms with E-state index in [-0.39, 0.29) is 11.9 Å². The van der Waals surface area contributed by atoms with Crippen molar-refractivity contribution >= 4 is 34.5 Å². The Labute approximate surface area is 106 Å². The van der Waals surface area contributed by atoms with Crippen LogP contribution in [0.5, 0.6) is 0 Å². The lowest BCUT2D eigenvalue weighted by Crippen LogP contribution is -2.05. The zero-order valence-corrected chi connectivity index (χ0v) is 10.8. The van der Waals surface area contributed by atoms with Gasteiger partial charge < -0.3 is 11.5 Å². The molecule has 1 heterocycles. The molecule has 2 aromatic rings. The van der Waals surface area contributed by atoms with Crippen LogP contribution in [0.3, 0.4) is 0 Å². The molecule has 82 valence electrons. The Morgan fingerprint density at radius 1 is 1.06 bits per heavy atom. The van der Waals surface area contributed by atoms with Crippen molar-refractivity contribution < 1.29 is 0 Å². The van der Waals surface area contributed by atoms with E-state index in [4.69, 9.17) is 11.5 Å². The second-order valence-corrected chi connectivity index (χ2v) is 4.39.